The third-order valence-electron chi connectivity index (χ3n) is 4.40. The van der Waals surface area contributed by atoms with Crippen molar-refractivity contribution in [3.05, 3.63) is 22.9 Å². The molecule has 0 bridgehead atoms. The van der Waals surface area contributed by atoms with Crippen LogP contribution in [0.4, 0.5) is 0 Å². The van der Waals surface area contributed by atoms with Crippen LogP contribution >= 0.6 is 0 Å². The Morgan fingerprint density at radius 2 is 2.05 bits per heavy atom. The number of hydrogen-bond donors (Lipinski definition) is 1. The predicted molar refractivity (Wildman–Crippen MR) is 76.5 cm³/mol. The first-order chi connectivity index (χ1) is 9.78. The van der Waals surface area contributed by atoms with Gasteiger partial charge in [-0.25, -0.2) is 4.98 Å². The maximum atomic E-state index is 9.30. The molecule has 2 aliphatic carbocycles. The van der Waals surface area contributed by atoms with Crippen LogP contribution in [0, 0.1) is 11.3 Å². The zero-order chi connectivity index (χ0) is 13.9. The molecule has 0 amide bonds. The first-order valence-corrected chi connectivity index (χ1v) is 7.63. The minimum atomic E-state index is -0.00319. The van der Waals surface area contributed by atoms with Gasteiger partial charge in [0.05, 0.1) is 0 Å². The number of nitrogens with two attached hydrogens (primary N) is 1. The minimum Gasteiger partial charge on any atom is -0.472 e. The summed E-state index contributed by atoms with van der Waals surface area (Å²) in [6.07, 6.45) is 8.64. The summed E-state index contributed by atoms with van der Waals surface area (Å²) >= 11 is 0. The van der Waals surface area contributed by atoms with Gasteiger partial charge in [0.15, 0.2) is 0 Å². The molecule has 4 heteroatoms. The van der Waals surface area contributed by atoms with E-state index in [2.05, 4.69) is 11.1 Å². The third-order valence-corrected chi connectivity index (χ3v) is 4.40. The molecule has 3 rings (SSSR count). The van der Waals surface area contributed by atoms with Gasteiger partial charge in [0, 0.05) is 11.7 Å². The first kappa shape index (κ1) is 13.4. The summed E-state index contributed by atoms with van der Waals surface area (Å²) in [6.45, 7) is 0. The number of nitrogens with zero attached hydrogens (tertiary/aromatic N) is 2. The second-order valence-corrected chi connectivity index (χ2v) is 5.87. The number of pyridine rings is 1. The minimum absolute atomic E-state index is 0.00319. The number of ether oxygens (including phenoxy) is 1. The SMILES string of the molecule is N#Cc1cc2c(nc1OC1CCCCCC1N)CCC2. The normalized spacial score (nSPS) is 25.6. The maximum absolute atomic E-state index is 9.30. The van der Waals surface area contributed by atoms with E-state index in [1.807, 2.05) is 6.07 Å². The van der Waals surface area contributed by atoms with Gasteiger partial charge in [-0.05, 0) is 50.2 Å². The van der Waals surface area contributed by atoms with E-state index < -0.39 is 0 Å². The maximum Gasteiger partial charge on any atom is 0.232 e. The lowest BCUT2D eigenvalue weighted by Crippen LogP contribution is -2.38. The van der Waals surface area contributed by atoms with Gasteiger partial charge < -0.3 is 10.5 Å². The molecule has 1 fully saturated rings. The van der Waals surface area contributed by atoms with Gasteiger partial charge in [-0.3, -0.25) is 0 Å². The lowest BCUT2D eigenvalue weighted by atomic mass is 10.1. The molecule has 2 atom stereocenters. The highest BCUT2D eigenvalue weighted by atomic mass is 16.5. The molecule has 0 saturated heterocycles. The smallest absolute Gasteiger partial charge is 0.232 e. The van der Waals surface area contributed by atoms with E-state index in [0.29, 0.717) is 11.4 Å². The molecular weight excluding hydrogens is 250 g/mol. The summed E-state index contributed by atoms with van der Waals surface area (Å²) in [5.74, 6) is 0.496. The van der Waals surface area contributed by atoms with Crippen molar-refractivity contribution in [3.8, 4) is 11.9 Å². The van der Waals surface area contributed by atoms with Crippen LogP contribution in [-0.2, 0) is 12.8 Å². The molecule has 1 aromatic rings. The van der Waals surface area contributed by atoms with Crippen LogP contribution in [-0.4, -0.2) is 17.1 Å². The number of fused-ring (bicyclic) bond motifs is 1. The average molecular weight is 271 g/mol. The fraction of sp³-hybridized carbons (Fsp3) is 0.625. The van der Waals surface area contributed by atoms with Crippen molar-refractivity contribution in [2.45, 2.75) is 63.5 Å². The molecule has 1 aromatic heterocycles. The van der Waals surface area contributed by atoms with Gasteiger partial charge in [0.25, 0.3) is 0 Å². The van der Waals surface area contributed by atoms with E-state index in [4.69, 9.17) is 10.5 Å². The highest BCUT2D eigenvalue weighted by Gasteiger charge is 2.25. The molecular formula is C16H21N3O. The van der Waals surface area contributed by atoms with Crippen LogP contribution in [0.15, 0.2) is 6.07 Å². The van der Waals surface area contributed by atoms with E-state index in [1.165, 1.54) is 18.4 Å². The Hall–Kier alpha value is -1.60. The molecule has 2 unspecified atom stereocenters. The molecule has 0 aliphatic heterocycles. The van der Waals surface area contributed by atoms with Gasteiger partial charge in [0.1, 0.15) is 17.7 Å². The summed E-state index contributed by atoms with van der Waals surface area (Å²) in [4.78, 5) is 4.58. The van der Waals surface area contributed by atoms with Gasteiger partial charge in [0.2, 0.25) is 5.88 Å². The third kappa shape index (κ3) is 2.64. The van der Waals surface area contributed by atoms with E-state index in [9.17, 15) is 5.26 Å². The monoisotopic (exact) mass is 271 g/mol. The van der Waals surface area contributed by atoms with Crippen molar-refractivity contribution in [1.82, 2.24) is 4.98 Å². The fourth-order valence-electron chi connectivity index (χ4n) is 3.22. The largest absolute Gasteiger partial charge is 0.472 e. The molecule has 1 saturated carbocycles. The van der Waals surface area contributed by atoms with E-state index in [-0.39, 0.29) is 12.1 Å². The Balaban J connectivity index is 1.84. The van der Waals surface area contributed by atoms with Crippen molar-refractivity contribution in [1.29, 1.82) is 5.26 Å². The van der Waals surface area contributed by atoms with Crippen LogP contribution in [0.1, 0.15) is 55.3 Å². The number of hydrogen-bond acceptors (Lipinski definition) is 4. The Kier molecular flexibility index (Phi) is 3.88. The molecule has 106 valence electrons. The highest BCUT2D eigenvalue weighted by molar-refractivity contribution is 5.44. The van der Waals surface area contributed by atoms with E-state index >= 15 is 0 Å². The first-order valence-electron chi connectivity index (χ1n) is 7.63. The topological polar surface area (TPSA) is 71.9 Å². The fourth-order valence-corrected chi connectivity index (χ4v) is 3.22. The van der Waals surface area contributed by atoms with Crippen LogP contribution in [0.2, 0.25) is 0 Å². The second-order valence-electron chi connectivity index (χ2n) is 5.87. The van der Waals surface area contributed by atoms with Gasteiger partial charge in [-0.15, -0.1) is 0 Å². The molecule has 0 radical (unpaired) electrons. The van der Waals surface area contributed by atoms with Crippen LogP contribution in [0.25, 0.3) is 0 Å². The van der Waals surface area contributed by atoms with E-state index in [1.54, 1.807) is 0 Å². The number of aromatic nitrogens is 1. The van der Waals surface area contributed by atoms with Gasteiger partial charge in [-0.1, -0.05) is 12.8 Å². The second kappa shape index (κ2) is 5.80. The Labute approximate surface area is 119 Å². The summed E-state index contributed by atoms with van der Waals surface area (Å²) in [6, 6.07) is 4.22. The molecule has 1 heterocycles. The van der Waals surface area contributed by atoms with E-state index in [0.717, 1.165) is 44.2 Å². The van der Waals surface area contributed by atoms with Gasteiger partial charge in [-0.2, -0.15) is 5.26 Å². The summed E-state index contributed by atoms with van der Waals surface area (Å²) in [5, 5.41) is 9.30. The lowest BCUT2D eigenvalue weighted by Gasteiger charge is -2.23. The lowest BCUT2D eigenvalue weighted by molar-refractivity contribution is 0.155. The number of rotatable bonds is 2. The summed E-state index contributed by atoms with van der Waals surface area (Å²) in [5.41, 5.74) is 9.06. The standard InChI is InChI=1S/C16H21N3O/c17-10-12-9-11-5-4-7-14(11)19-16(12)20-15-8-3-1-2-6-13(15)18/h9,13,15H,1-8,18H2. The predicted octanol–water partition coefficient (Wildman–Crippen LogP) is 2.48. The van der Waals surface area contributed by atoms with Crippen molar-refractivity contribution < 1.29 is 4.74 Å². The summed E-state index contributed by atoms with van der Waals surface area (Å²) in [7, 11) is 0. The highest BCUT2D eigenvalue weighted by Crippen LogP contribution is 2.28. The average Bonchev–Trinajstić information content (AvgIpc) is 2.82. The van der Waals surface area contributed by atoms with Crippen LogP contribution < -0.4 is 10.5 Å². The van der Waals surface area contributed by atoms with Gasteiger partial charge >= 0.3 is 0 Å². The van der Waals surface area contributed by atoms with Crippen LogP contribution in [0.5, 0.6) is 5.88 Å². The van der Waals surface area contributed by atoms with Crippen LogP contribution in [0.3, 0.4) is 0 Å². The molecule has 0 spiro atoms. The number of aryl methyl sites for hydroxylation is 2. The molecule has 2 aliphatic rings. The van der Waals surface area contributed by atoms with Crippen molar-refractivity contribution in [3.63, 3.8) is 0 Å². The quantitative estimate of drug-likeness (QED) is 0.839. The molecule has 4 nitrogen and oxygen atoms in total. The Morgan fingerprint density at radius 1 is 1.20 bits per heavy atom. The zero-order valence-electron chi connectivity index (χ0n) is 11.8. The summed E-state index contributed by atoms with van der Waals surface area (Å²) < 4.78 is 6.04. The number of nitriles is 1. The Bertz CT molecular complexity index is 535. The molecule has 0 aromatic carbocycles. The molecule has 20 heavy (non-hydrogen) atoms. The van der Waals surface area contributed by atoms with Crippen molar-refractivity contribution in [2.75, 3.05) is 0 Å². The van der Waals surface area contributed by atoms with Crippen molar-refractivity contribution in [2.24, 2.45) is 5.73 Å². The zero-order valence-corrected chi connectivity index (χ0v) is 11.8. The van der Waals surface area contributed by atoms with Crippen molar-refractivity contribution >= 4 is 0 Å². The Morgan fingerprint density at radius 3 is 2.90 bits per heavy atom. The molecule has 2 N–H and O–H groups in total.